The molecule has 0 saturated heterocycles. The van der Waals surface area contributed by atoms with E-state index in [2.05, 4.69) is 16.4 Å². The van der Waals surface area contributed by atoms with Crippen LogP contribution in [0.15, 0.2) is 48.8 Å². The summed E-state index contributed by atoms with van der Waals surface area (Å²) in [6, 6.07) is 11.4. The number of aromatic hydroxyl groups is 1. The lowest BCUT2D eigenvalue weighted by atomic mass is 10.1. The maximum absolute atomic E-state index is 9.56. The minimum Gasteiger partial charge on any atom is -0.505 e. The molecule has 1 aromatic heterocycles. The van der Waals surface area contributed by atoms with Gasteiger partial charge < -0.3 is 10.4 Å². The number of aromatic nitrogens is 1. The molecule has 2 aromatic carbocycles. The average Bonchev–Trinajstić information content (AvgIpc) is 2.50. The van der Waals surface area contributed by atoms with Crippen LogP contribution in [0.1, 0.15) is 5.56 Å². The maximum Gasteiger partial charge on any atom is 0.152 e. The molecule has 0 radical (unpaired) electrons. The van der Waals surface area contributed by atoms with Crippen molar-refractivity contribution in [2.75, 3.05) is 5.32 Å². The van der Waals surface area contributed by atoms with Gasteiger partial charge in [-0.1, -0.05) is 47.5 Å². The number of hydrogen-bond donors (Lipinski definition) is 2. The molecule has 3 nitrogen and oxygen atoms in total. The van der Waals surface area contributed by atoms with Gasteiger partial charge in [0.1, 0.15) is 0 Å². The molecule has 0 saturated carbocycles. The van der Waals surface area contributed by atoms with Gasteiger partial charge in [-0.3, -0.25) is 4.98 Å². The molecule has 21 heavy (non-hydrogen) atoms. The quantitative estimate of drug-likeness (QED) is 0.678. The zero-order chi connectivity index (χ0) is 14.8. The number of benzene rings is 2. The number of anilines is 1. The van der Waals surface area contributed by atoms with E-state index in [0.29, 0.717) is 6.54 Å². The highest BCUT2D eigenvalue weighted by atomic mass is 35.5. The van der Waals surface area contributed by atoms with Crippen molar-refractivity contribution in [3.8, 4) is 5.75 Å². The van der Waals surface area contributed by atoms with Crippen LogP contribution in [0.5, 0.6) is 5.75 Å². The fourth-order valence-corrected chi connectivity index (χ4v) is 2.67. The van der Waals surface area contributed by atoms with E-state index in [1.54, 1.807) is 12.1 Å². The first-order chi connectivity index (χ1) is 10.1. The van der Waals surface area contributed by atoms with Gasteiger partial charge in [-0.05, 0) is 23.1 Å². The van der Waals surface area contributed by atoms with E-state index in [-0.39, 0.29) is 15.8 Å². The van der Waals surface area contributed by atoms with Crippen LogP contribution in [0.4, 0.5) is 5.69 Å². The van der Waals surface area contributed by atoms with Crippen molar-refractivity contribution in [3.05, 3.63) is 64.4 Å². The molecule has 0 fully saturated rings. The van der Waals surface area contributed by atoms with Crippen LogP contribution in [0.25, 0.3) is 10.8 Å². The summed E-state index contributed by atoms with van der Waals surface area (Å²) in [7, 11) is 0. The Morgan fingerprint density at radius 3 is 2.52 bits per heavy atom. The van der Waals surface area contributed by atoms with Gasteiger partial charge in [0.05, 0.1) is 10.0 Å². The van der Waals surface area contributed by atoms with E-state index in [4.69, 9.17) is 23.2 Å². The molecule has 0 unspecified atom stereocenters. The molecule has 0 aliphatic heterocycles. The SMILES string of the molecule is Oc1c(Cl)cc(NCc2cncc3ccccc23)cc1Cl. The molecule has 3 rings (SSSR count). The van der Waals surface area contributed by atoms with E-state index < -0.39 is 0 Å². The van der Waals surface area contributed by atoms with Gasteiger partial charge in [0.25, 0.3) is 0 Å². The summed E-state index contributed by atoms with van der Waals surface area (Å²) < 4.78 is 0. The Kier molecular flexibility index (Phi) is 3.86. The standard InChI is InChI=1S/C16H12Cl2N2O/c17-14-5-12(6-15(18)16(14)21)20-9-11-8-19-7-10-3-1-2-4-13(10)11/h1-8,20-21H,9H2. The maximum atomic E-state index is 9.56. The molecule has 0 aliphatic carbocycles. The Morgan fingerprint density at radius 2 is 1.76 bits per heavy atom. The molecule has 0 bridgehead atoms. The van der Waals surface area contributed by atoms with Crippen LogP contribution in [0.3, 0.4) is 0 Å². The third-order valence-corrected chi connectivity index (χ3v) is 3.83. The fourth-order valence-electron chi connectivity index (χ4n) is 2.18. The number of pyridine rings is 1. The number of nitrogens with zero attached hydrogens (tertiary/aromatic N) is 1. The summed E-state index contributed by atoms with van der Waals surface area (Å²) in [6.45, 7) is 0.589. The van der Waals surface area contributed by atoms with Crippen LogP contribution in [0, 0.1) is 0 Å². The van der Waals surface area contributed by atoms with Crippen LogP contribution in [-0.4, -0.2) is 10.1 Å². The molecule has 0 amide bonds. The number of halogens is 2. The summed E-state index contributed by atoms with van der Waals surface area (Å²) in [6.07, 6.45) is 3.67. The van der Waals surface area contributed by atoms with Gasteiger partial charge in [0, 0.05) is 30.0 Å². The van der Waals surface area contributed by atoms with Crippen LogP contribution in [-0.2, 0) is 6.54 Å². The first kappa shape index (κ1) is 14.0. The van der Waals surface area contributed by atoms with Gasteiger partial charge in [-0.25, -0.2) is 0 Å². The van der Waals surface area contributed by atoms with Crippen molar-refractivity contribution in [2.45, 2.75) is 6.54 Å². The fraction of sp³-hybridized carbons (Fsp3) is 0.0625. The van der Waals surface area contributed by atoms with Crippen molar-refractivity contribution in [2.24, 2.45) is 0 Å². The number of phenols is 1. The van der Waals surface area contributed by atoms with E-state index >= 15 is 0 Å². The van der Waals surface area contributed by atoms with E-state index in [0.717, 1.165) is 22.0 Å². The molecule has 0 atom stereocenters. The summed E-state index contributed by atoms with van der Waals surface area (Å²) >= 11 is 11.8. The Labute approximate surface area is 132 Å². The van der Waals surface area contributed by atoms with Crippen molar-refractivity contribution >= 4 is 39.7 Å². The second-order valence-corrected chi connectivity index (χ2v) is 5.48. The van der Waals surface area contributed by atoms with Crippen LogP contribution in [0.2, 0.25) is 10.0 Å². The Bertz CT molecular complexity index is 777. The van der Waals surface area contributed by atoms with E-state index in [1.165, 1.54) is 0 Å². The third-order valence-electron chi connectivity index (χ3n) is 3.25. The minimum absolute atomic E-state index is 0.101. The summed E-state index contributed by atoms with van der Waals surface area (Å²) in [4.78, 5) is 4.24. The summed E-state index contributed by atoms with van der Waals surface area (Å²) in [5.41, 5.74) is 1.82. The van der Waals surface area contributed by atoms with Crippen molar-refractivity contribution in [1.82, 2.24) is 4.98 Å². The van der Waals surface area contributed by atoms with Crippen molar-refractivity contribution in [3.63, 3.8) is 0 Å². The number of fused-ring (bicyclic) bond motifs is 1. The topological polar surface area (TPSA) is 45.1 Å². The molecule has 1 heterocycles. The lowest BCUT2D eigenvalue weighted by molar-refractivity contribution is 0.476. The number of nitrogens with one attached hydrogen (secondary N) is 1. The molecule has 5 heteroatoms. The molecule has 3 aromatic rings. The number of rotatable bonds is 3. The van der Waals surface area contributed by atoms with Gasteiger partial charge >= 0.3 is 0 Å². The predicted octanol–water partition coefficient (Wildman–Crippen LogP) is 4.86. The highest BCUT2D eigenvalue weighted by Crippen LogP contribution is 2.34. The lowest BCUT2D eigenvalue weighted by Crippen LogP contribution is -2.00. The van der Waals surface area contributed by atoms with Crippen molar-refractivity contribution in [1.29, 1.82) is 0 Å². The summed E-state index contributed by atoms with van der Waals surface area (Å²) in [5, 5.41) is 15.5. The Balaban J connectivity index is 1.87. The normalized spacial score (nSPS) is 10.8. The van der Waals surface area contributed by atoms with E-state index in [9.17, 15) is 5.11 Å². The molecular formula is C16H12Cl2N2O. The molecule has 0 spiro atoms. The Morgan fingerprint density at radius 1 is 1.05 bits per heavy atom. The lowest BCUT2D eigenvalue weighted by Gasteiger charge is -2.10. The smallest absolute Gasteiger partial charge is 0.152 e. The first-order valence-electron chi connectivity index (χ1n) is 6.38. The van der Waals surface area contributed by atoms with Gasteiger partial charge in [0.15, 0.2) is 5.75 Å². The third kappa shape index (κ3) is 2.89. The second kappa shape index (κ2) is 5.80. The monoisotopic (exact) mass is 318 g/mol. The van der Waals surface area contributed by atoms with E-state index in [1.807, 2.05) is 30.6 Å². The largest absolute Gasteiger partial charge is 0.505 e. The van der Waals surface area contributed by atoms with Gasteiger partial charge in [-0.2, -0.15) is 0 Å². The Hall–Kier alpha value is -1.97. The van der Waals surface area contributed by atoms with Crippen LogP contribution >= 0.6 is 23.2 Å². The van der Waals surface area contributed by atoms with Gasteiger partial charge in [-0.15, -0.1) is 0 Å². The minimum atomic E-state index is -0.101. The highest BCUT2D eigenvalue weighted by molar-refractivity contribution is 6.37. The van der Waals surface area contributed by atoms with Crippen LogP contribution < -0.4 is 5.32 Å². The summed E-state index contributed by atoms with van der Waals surface area (Å²) in [5.74, 6) is -0.101. The van der Waals surface area contributed by atoms with Gasteiger partial charge in [0.2, 0.25) is 0 Å². The predicted molar refractivity (Wildman–Crippen MR) is 87.2 cm³/mol. The second-order valence-electron chi connectivity index (χ2n) is 4.66. The molecule has 2 N–H and O–H groups in total. The van der Waals surface area contributed by atoms with Crippen molar-refractivity contribution < 1.29 is 5.11 Å². The average molecular weight is 319 g/mol. The zero-order valence-electron chi connectivity index (χ0n) is 11.0. The molecule has 106 valence electrons. The number of hydrogen-bond acceptors (Lipinski definition) is 3. The first-order valence-corrected chi connectivity index (χ1v) is 7.14. The number of phenolic OH excluding ortho intramolecular Hbond substituents is 1. The molecule has 0 aliphatic rings. The highest BCUT2D eigenvalue weighted by Gasteiger charge is 2.07. The zero-order valence-corrected chi connectivity index (χ0v) is 12.5. The molecular weight excluding hydrogens is 307 g/mol.